The van der Waals surface area contributed by atoms with Gasteiger partial charge in [-0.3, -0.25) is 4.79 Å². The van der Waals surface area contributed by atoms with Crippen LogP contribution in [0.15, 0.2) is 30.5 Å². The van der Waals surface area contributed by atoms with Crippen LogP contribution in [0.3, 0.4) is 0 Å². The summed E-state index contributed by atoms with van der Waals surface area (Å²) in [5.74, 6) is -0.636. The second-order valence-corrected chi connectivity index (χ2v) is 7.55. The van der Waals surface area contributed by atoms with Gasteiger partial charge in [0.2, 0.25) is 0 Å². The van der Waals surface area contributed by atoms with Gasteiger partial charge in [0, 0.05) is 18.1 Å². The topological polar surface area (TPSA) is 50.2 Å². The minimum atomic E-state index is -4.73. The van der Waals surface area contributed by atoms with Gasteiger partial charge in [-0.25, -0.2) is 4.68 Å². The molecule has 2 aromatic rings. The Hall–Kier alpha value is -2.06. The molecular formula is C19H22ClF3N4O. The SMILES string of the molecule is CC(CNC(=O)c1cnn(-c2ccc(Cl)cc2)c1C(F)(F)F)CN1CCCC1. The van der Waals surface area contributed by atoms with Gasteiger partial charge < -0.3 is 10.2 Å². The van der Waals surface area contributed by atoms with Crippen LogP contribution in [0.4, 0.5) is 13.2 Å². The van der Waals surface area contributed by atoms with Gasteiger partial charge in [-0.05, 0) is 56.1 Å². The van der Waals surface area contributed by atoms with Crippen molar-refractivity contribution in [1.29, 1.82) is 0 Å². The third-order valence-corrected chi connectivity index (χ3v) is 4.99. The van der Waals surface area contributed by atoms with Crippen LogP contribution in [-0.4, -0.2) is 46.8 Å². The molecule has 1 aliphatic rings. The molecule has 152 valence electrons. The molecule has 0 spiro atoms. The molecule has 1 fully saturated rings. The molecule has 1 amide bonds. The number of likely N-dealkylation sites (tertiary alicyclic amines) is 1. The lowest BCUT2D eigenvalue weighted by Gasteiger charge is -2.20. The van der Waals surface area contributed by atoms with Gasteiger partial charge in [0.05, 0.1) is 17.4 Å². The van der Waals surface area contributed by atoms with Crippen LogP contribution in [0, 0.1) is 5.92 Å². The Kier molecular flexibility index (Phi) is 6.30. The van der Waals surface area contributed by atoms with Crippen molar-refractivity contribution in [1.82, 2.24) is 20.0 Å². The summed E-state index contributed by atoms with van der Waals surface area (Å²) in [6.45, 7) is 5.16. The molecule has 9 heteroatoms. The van der Waals surface area contributed by atoms with Crippen molar-refractivity contribution in [2.75, 3.05) is 26.2 Å². The molecule has 1 N–H and O–H groups in total. The summed E-state index contributed by atoms with van der Waals surface area (Å²) in [7, 11) is 0. The maximum Gasteiger partial charge on any atom is 0.434 e. The lowest BCUT2D eigenvalue weighted by Crippen LogP contribution is -2.35. The van der Waals surface area contributed by atoms with Crippen molar-refractivity contribution < 1.29 is 18.0 Å². The first-order valence-corrected chi connectivity index (χ1v) is 9.55. The van der Waals surface area contributed by atoms with E-state index in [9.17, 15) is 18.0 Å². The van der Waals surface area contributed by atoms with Crippen LogP contribution in [0.25, 0.3) is 5.69 Å². The van der Waals surface area contributed by atoms with Crippen LogP contribution < -0.4 is 5.32 Å². The van der Waals surface area contributed by atoms with E-state index in [1.807, 2.05) is 6.92 Å². The van der Waals surface area contributed by atoms with Crippen molar-refractivity contribution in [3.05, 3.63) is 46.7 Å². The fourth-order valence-electron chi connectivity index (χ4n) is 3.40. The minimum absolute atomic E-state index is 0.141. The molecule has 0 saturated carbocycles. The van der Waals surface area contributed by atoms with E-state index >= 15 is 0 Å². The van der Waals surface area contributed by atoms with Gasteiger partial charge in [-0.2, -0.15) is 18.3 Å². The number of nitrogens with zero attached hydrogens (tertiary/aromatic N) is 3. The van der Waals surface area contributed by atoms with Gasteiger partial charge in [-0.1, -0.05) is 18.5 Å². The molecule has 1 aromatic carbocycles. The highest BCUT2D eigenvalue weighted by molar-refractivity contribution is 6.30. The molecule has 2 heterocycles. The van der Waals surface area contributed by atoms with Gasteiger partial charge in [0.1, 0.15) is 0 Å². The summed E-state index contributed by atoms with van der Waals surface area (Å²) >= 11 is 5.80. The number of hydrogen-bond donors (Lipinski definition) is 1. The summed E-state index contributed by atoms with van der Waals surface area (Å²) in [4.78, 5) is 14.8. The number of halogens is 4. The van der Waals surface area contributed by atoms with Crippen LogP contribution in [0.5, 0.6) is 0 Å². The molecule has 5 nitrogen and oxygen atoms in total. The highest BCUT2D eigenvalue weighted by Crippen LogP contribution is 2.33. The average molecular weight is 415 g/mol. The number of alkyl halides is 3. The first kappa shape index (κ1) is 20.7. The number of aromatic nitrogens is 2. The quantitative estimate of drug-likeness (QED) is 0.777. The Morgan fingerprint density at radius 1 is 1.25 bits per heavy atom. The molecule has 1 aliphatic heterocycles. The van der Waals surface area contributed by atoms with E-state index in [-0.39, 0.29) is 11.6 Å². The maximum absolute atomic E-state index is 13.7. The average Bonchev–Trinajstić information content (AvgIpc) is 3.29. The summed E-state index contributed by atoms with van der Waals surface area (Å²) in [5.41, 5.74) is -1.41. The van der Waals surface area contributed by atoms with E-state index < -0.39 is 23.3 Å². The normalized spacial score (nSPS) is 16.3. The van der Waals surface area contributed by atoms with E-state index in [0.717, 1.165) is 43.4 Å². The van der Waals surface area contributed by atoms with Gasteiger partial charge in [0.25, 0.3) is 5.91 Å². The lowest BCUT2D eigenvalue weighted by atomic mass is 10.1. The summed E-state index contributed by atoms with van der Waals surface area (Å²) in [6, 6.07) is 5.78. The number of carbonyl (C=O) groups is 1. The molecule has 0 aliphatic carbocycles. The zero-order valence-electron chi connectivity index (χ0n) is 15.5. The number of benzene rings is 1. The van der Waals surface area contributed by atoms with Gasteiger partial charge in [0.15, 0.2) is 5.69 Å². The maximum atomic E-state index is 13.7. The number of rotatable bonds is 6. The van der Waals surface area contributed by atoms with Crippen molar-refractivity contribution in [3.63, 3.8) is 0 Å². The standard InChI is InChI=1S/C19H22ClF3N4O/c1-13(12-26-8-2-3-9-26)10-24-18(28)16-11-25-27(17(16)19(21,22)23)15-6-4-14(20)5-7-15/h4-7,11,13H,2-3,8-10,12H2,1H3,(H,24,28). The van der Waals surface area contributed by atoms with Gasteiger partial charge >= 0.3 is 6.18 Å². The van der Waals surface area contributed by atoms with Crippen LogP contribution >= 0.6 is 11.6 Å². The van der Waals surface area contributed by atoms with E-state index in [1.54, 1.807) is 0 Å². The molecule has 28 heavy (non-hydrogen) atoms. The zero-order chi connectivity index (χ0) is 20.3. The van der Waals surface area contributed by atoms with Crippen molar-refractivity contribution in [3.8, 4) is 5.69 Å². The molecule has 0 radical (unpaired) electrons. The predicted octanol–water partition coefficient (Wildman–Crippen LogP) is 4.01. The highest BCUT2D eigenvalue weighted by Gasteiger charge is 2.40. The Bertz CT molecular complexity index is 814. The van der Waals surface area contributed by atoms with E-state index in [0.29, 0.717) is 11.6 Å². The molecular weight excluding hydrogens is 393 g/mol. The second-order valence-electron chi connectivity index (χ2n) is 7.12. The van der Waals surface area contributed by atoms with E-state index in [2.05, 4.69) is 15.3 Å². The van der Waals surface area contributed by atoms with E-state index in [1.165, 1.54) is 24.3 Å². The number of nitrogens with one attached hydrogen (secondary N) is 1. The third-order valence-electron chi connectivity index (χ3n) is 4.73. The fourth-order valence-corrected chi connectivity index (χ4v) is 3.52. The lowest BCUT2D eigenvalue weighted by molar-refractivity contribution is -0.143. The molecule has 1 saturated heterocycles. The first-order chi connectivity index (χ1) is 13.3. The number of carbonyl (C=O) groups excluding carboxylic acids is 1. The first-order valence-electron chi connectivity index (χ1n) is 9.17. The minimum Gasteiger partial charge on any atom is -0.352 e. The largest absolute Gasteiger partial charge is 0.434 e. The Morgan fingerprint density at radius 3 is 2.50 bits per heavy atom. The van der Waals surface area contributed by atoms with E-state index in [4.69, 9.17) is 11.6 Å². The fraction of sp³-hybridized carbons (Fsp3) is 0.474. The number of hydrogen-bond acceptors (Lipinski definition) is 3. The van der Waals surface area contributed by atoms with Crippen molar-refractivity contribution in [2.45, 2.75) is 25.9 Å². The van der Waals surface area contributed by atoms with Crippen LogP contribution in [0.2, 0.25) is 5.02 Å². The Morgan fingerprint density at radius 2 is 1.89 bits per heavy atom. The Balaban J connectivity index is 1.75. The molecule has 0 bridgehead atoms. The highest BCUT2D eigenvalue weighted by atomic mass is 35.5. The summed E-state index contributed by atoms with van der Waals surface area (Å²) < 4.78 is 41.7. The Labute approximate surface area is 166 Å². The van der Waals surface area contributed by atoms with Gasteiger partial charge in [-0.15, -0.1) is 0 Å². The van der Waals surface area contributed by atoms with Crippen LogP contribution in [0.1, 0.15) is 35.8 Å². The zero-order valence-corrected chi connectivity index (χ0v) is 16.2. The molecule has 1 unspecified atom stereocenters. The molecule has 3 rings (SSSR count). The summed E-state index contributed by atoms with van der Waals surface area (Å²) in [6.07, 6.45) is -1.45. The predicted molar refractivity (Wildman–Crippen MR) is 101 cm³/mol. The molecule has 1 aromatic heterocycles. The monoisotopic (exact) mass is 414 g/mol. The third kappa shape index (κ3) is 4.86. The summed E-state index contributed by atoms with van der Waals surface area (Å²) in [5, 5.41) is 6.82. The molecule has 1 atom stereocenters. The smallest absolute Gasteiger partial charge is 0.352 e. The number of amides is 1. The van der Waals surface area contributed by atoms with Crippen LogP contribution in [-0.2, 0) is 6.18 Å². The second kappa shape index (κ2) is 8.53. The van der Waals surface area contributed by atoms with Crippen molar-refractivity contribution >= 4 is 17.5 Å². The van der Waals surface area contributed by atoms with Crippen molar-refractivity contribution in [2.24, 2.45) is 5.92 Å².